The highest BCUT2D eigenvalue weighted by atomic mass is 16.5. The van der Waals surface area contributed by atoms with Crippen molar-refractivity contribution in [1.82, 2.24) is 19.8 Å². The number of benzene rings is 1. The molecule has 3 saturated heterocycles. The van der Waals surface area contributed by atoms with Crippen LogP contribution >= 0.6 is 0 Å². The van der Waals surface area contributed by atoms with E-state index in [1.165, 1.54) is 25.9 Å². The Labute approximate surface area is 134 Å². The number of fused-ring (bicyclic) bond motifs is 4. The first-order chi connectivity index (χ1) is 11.4. The van der Waals surface area contributed by atoms with Gasteiger partial charge in [-0.15, -0.1) is 0 Å². The lowest BCUT2D eigenvalue weighted by Gasteiger charge is -2.44. The highest BCUT2D eigenvalue weighted by Crippen LogP contribution is 2.32. The lowest BCUT2D eigenvalue weighted by atomic mass is 9.84. The largest absolute Gasteiger partial charge is 0.362 e. The molecule has 1 atom stereocenters. The number of anilines is 1. The Hall–Kier alpha value is -2.34. The number of nitrogens with zero attached hydrogens (tertiary/aromatic N) is 4. The van der Waals surface area contributed by atoms with Gasteiger partial charge in [0.1, 0.15) is 0 Å². The number of aromatic nitrogens is 3. The van der Waals surface area contributed by atoms with Gasteiger partial charge in [0, 0.05) is 31.0 Å². The number of hydrogen-bond donors (Lipinski definition) is 1. The molecule has 2 aromatic heterocycles. The third-order valence-corrected chi connectivity index (χ3v) is 5.20. The number of rotatable bonds is 3. The van der Waals surface area contributed by atoms with Gasteiger partial charge in [-0.25, -0.2) is 4.68 Å². The average molecular weight is 309 g/mol. The second kappa shape index (κ2) is 5.09. The van der Waals surface area contributed by atoms with Crippen molar-refractivity contribution < 1.29 is 4.52 Å². The number of piperidine rings is 3. The molecule has 3 aliphatic rings. The van der Waals surface area contributed by atoms with E-state index in [2.05, 4.69) is 26.5 Å². The maximum atomic E-state index is 5.54. The molecular formula is C17H19N5O. The fourth-order valence-electron chi connectivity index (χ4n) is 3.90. The van der Waals surface area contributed by atoms with E-state index in [1.54, 1.807) is 6.20 Å². The van der Waals surface area contributed by atoms with Crippen LogP contribution in [0.25, 0.3) is 16.7 Å². The maximum Gasteiger partial charge on any atom is 0.177 e. The molecule has 3 aromatic rings. The average Bonchev–Trinajstić information content (AvgIpc) is 3.26. The zero-order valence-electron chi connectivity index (χ0n) is 12.9. The molecule has 0 saturated carbocycles. The van der Waals surface area contributed by atoms with E-state index >= 15 is 0 Å². The highest BCUT2D eigenvalue weighted by molar-refractivity contribution is 5.89. The topological polar surface area (TPSA) is 59.1 Å². The Balaban J connectivity index is 1.44. The van der Waals surface area contributed by atoms with Crippen molar-refractivity contribution in [3.05, 3.63) is 36.7 Å². The summed E-state index contributed by atoms with van der Waals surface area (Å²) < 4.78 is 7.36. The molecule has 6 heteroatoms. The van der Waals surface area contributed by atoms with Gasteiger partial charge in [-0.05, 0) is 50.0 Å². The lowest BCUT2D eigenvalue weighted by molar-refractivity contribution is 0.0973. The van der Waals surface area contributed by atoms with E-state index in [0.29, 0.717) is 6.04 Å². The minimum Gasteiger partial charge on any atom is -0.362 e. The molecule has 6 rings (SSSR count). The molecule has 1 unspecified atom stereocenters. The fraction of sp³-hybridized carbons (Fsp3) is 0.412. The summed E-state index contributed by atoms with van der Waals surface area (Å²) >= 11 is 0. The second-order valence-corrected chi connectivity index (χ2v) is 6.55. The molecule has 118 valence electrons. The lowest BCUT2D eigenvalue weighted by Crippen LogP contribution is -2.53. The Bertz CT molecular complexity index is 817. The normalized spacial score (nSPS) is 26.7. The van der Waals surface area contributed by atoms with Gasteiger partial charge in [-0.3, -0.25) is 0 Å². The van der Waals surface area contributed by atoms with Crippen molar-refractivity contribution in [2.24, 2.45) is 5.92 Å². The summed E-state index contributed by atoms with van der Waals surface area (Å²) in [6.45, 7) is 3.61. The predicted molar refractivity (Wildman–Crippen MR) is 87.7 cm³/mol. The van der Waals surface area contributed by atoms with Crippen LogP contribution in [-0.4, -0.2) is 45.5 Å². The fourth-order valence-corrected chi connectivity index (χ4v) is 3.90. The van der Waals surface area contributed by atoms with Crippen molar-refractivity contribution in [3.63, 3.8) is 0 Å². The Morgan fingerprint density at radius 1 is 1.22 bits per heavy atom. The van der Waals surface area contributed by atoms with Crippen molar-refractivity contribution in [3.8, 4) is 5.69 Å². The molecule has 3 aliphatic heterocycles. The summed E-state index contributed by atoms with van der Waals surface area (Å²) in [5, 5.41) is 13.2. The van der Waals surface area contributed by atoms with Crippen molar-refractivity contribution in [1.29, 1.82) is 0 Å². The van der Waals surface area contributed by atoms with E-state index in [1.807, 2.05) is 29.1 Å². The monoisotopic (exact) mass is 309 g/mol. The zero-order valence-corrected chi connectivity index (χ0v) is 12.9. The number of hydrogen-bond acceptors (Lipinski definition) is 5. The molecule has 2 bridgehead atoms. The van der Waals surface area contributed by atoms with E-state index < -0.39 is 0 Å². The van der Waals surface area contributed by atoms with Gasteiger partial charge in [0.25, 0.3) is 0 Å². The van der Waals surface area contributed by atoms with Crippen molar-refractivity contribution in [2.75, 3.05) is 25.0 Å². The first kappa shape index (κ1) is 13.1. The van der Waals surface area contributed by atoms with Crippen LogP contribution in [0.2, 0.25) is 0 Å². The van der Waals surface area contributed by atoms with E-state index in [0.717, 1.165) is 34.9 Å². The van der Waals surface area contributed by atoms with E-state index in [4.69, 9.17) is 4.52 Å². The smallest absolute Gasteiger partial charge is 0.177 e. The molecule has 6 nitrogen and oxygen atoms in total. The molecular weight excluding hydrogens is 290 g/mol. The molecule has 5 heterocycles. The van der Waals surface area contributed by atoms with Gasteiger partial charge in [0.15, 0.2) is 11.4 Å². The van der Waals surface area contributed by atoms with Gasteiger partial charge in [-0.2, -0.15) is 5.10 Å². The summed E-state index contributed by atoms with van der Waals surface area (Å²) in [5.41, 5.74) is 1.77. The van der Waals surface area contributed by atoms with Gasteiger partial charge >= 0.3 is 0 Å². The standard InChI is InChI=1S/C17H19N5O/c1-6-18-22(7-1)13-2-3-14-16(10-13)23-20-17(14)19-15-11-21-8-4-12(15)5-9-21/h1-3,6-7,10,12,15H,4-5,8-9,11H2,(H,19,20). The zero-order chi connectivity index (χ0) is 15.2. The molecule has 0 amide bonds. The van der Waals surface area contributed by atoms with Gasteiger partial charge in [0.2, 0.25) is 0 Å². The number of nitrogens with one attached hydrogen (secondary N) is 1. The molecule has 23 heavy (non-hydrogen) atoms. The molecule has 3 fully saturated rings. The Kier molecular flexibility index (Phi) is 2.91. The minimum absolute atomic E-state index is 0.483. The van der Waals surface area contributed by atoms with Gasteiger partial charge in [-0.1, -0.05) is 5.16 Å². The van der Waals surface area contributed by atoms with E-state index in [9.17, 15) is 0 Å². The quantitative estimate of drug-likeness (QED) is 0.805. The maximum absolute atomic E-state index is 5.54. The Morgan fingerprint density at radius 2 is 2.13 bits per heavy atom. The van der Waals surface area contributed by atoms with Crippen LogP contribution in [0.1, 0.15) is 12.8 Å². The van der Waals surface area contributed by atoms with Crippen LogP contribution in [0.3, 0.4) is 0 Å². The third-order valence-electron chi connectivity index (χ3n) is 5.20. The molecule has 0 radical (unpaired) electrons. The summed E-state index contributed by atoms with van der Waals surface area (Å²) in [7, 11) is 0. The predicted octanol–water partition coefficient (Wildman–Crippen LogP) is 2.52. The van der Waals surface area contributed by atoms with Gasteiger partial charge < -0.3 is 14.7 Å². The summed E-state index contributed by atoms with van der Waals surface area (Å²) in [4.78, 5) is 2.54. The second-order valence-electron chi connectivity index (χ2n) is 6.55. The third kappa shape index (κ3) is 2.21. The summed E-state index contributed by atoms with van der Waals surface area (Å²) in [6.07, 6.45) is 6.27. The molecule has 0 aliphatic carbocycles. The SMILES string of the molecule is c1cnn(-c2ccc3c(NC4CN5CCC4CC5)noc3c2)c1. The minimum atomic E-state index is 0.483. The summed E-state index contributed by atoms with van der Waals surface area (Å²) in [5.74, 6) is 1.63. The van der Waals surface area contributed by atoms with E-state index in [-0.39, 0.29) is 0 Å². The highest BCUT2D eigenvalue weighted by Gasteiger charge is 2.34. The van der Waals surface area contributed by atoms with Gasteiger partial charge in [0.05, 0.1) is 11.1 Å². The molecule has 0 spiro atoms. The first-order valence-electron chi connectivity index (χ1n) is 8.25. The van der Waals surface area contributed by atoms with Crippen molar-refractivity contribution in [2.45, 2.75) is 18.9 Å². The van der Waals surface area contributed by atoms with Crippen LogP contribution < -0.4 is 5.32 Å². The van der Waals surface area contributed by atoms with Crippen LogP contribution in [-0.2, 0) is 0 Å². The van der Waals surface area contributed by atoms with Crippen LogP contribution in [0.4, 0.5) is 5.82 Å². The molecule has 1 aromatic carbocycles. The Morgan fingerprint density at radius 3 is 2.87 bits per heavy atom. The first-order valence-corrected chi connectivity index (χ1v) is 8.25. The summed E-state index contributed by atoms with van der Waals surface area (Å²) in [6, 6.07) is 8.49. The van der Waals surface area contributed by atoms with Crippen LogP contribution in [0, 0.1) is 5.92 Å². The van der Waals surface area contributed by atoms with Crippen LogP contribution in [0.5, 0.6) is 0 Å². The van der Waals surface area contributed by atoms with Crippen LogP contribution in [0.15, 0.2) is 41.2 Å². The van der Waals surface area contributed by atoms with Crippen molar-refractivity contribution >= 4 is 16.8 Å². The molecule has 1 N–H and O–H groups in total.